The second-order valence-electron chi connectivity index (χ2n) is 4.57. The summed E-state index contributed by atoms with van der Waals surface area (Å²) >= 11 is 0. The zero-order valence-electron chi connectivity index (χ0n) is 11.3. The summed E-state index contributed by atoms with van der Waals surface area (Å²) in [6, 6.07) is 5.16. The van der Waals surface area contributed by atoms with E-state index in [0.29, 0.717) is 12.4 Å². The van der Waals surface area contributed by atoms with E-state index in [9.17, 15) is 9.59 Å². The molecule has 0 aromatic heterocycles. The van der Waals surface area contributed by atoms with E-state index < -0.39 is 5.97 Å². The zero-order chi connectivity index (χ0) is 14.5. The number of nitrogen functional groups attached to an aromatic ring is 1. The first-order chi connectivity index (χ1) is 9.61. The van der Waals surface area contributed by atoms with Gasteiger partial charge >= 0.3 is 5.97 Å². The first kappa shape index (κ1) is 14.2. The highest BCUT2D eigenvalue weighted by molar-refractivity contribution is 5.99. The molecular weight excluding hydrogens is 260 g/mol. The molecule has 1 saturated carbocycles. The van der Waals surface area contributed by atoms with Crippen LogP contribution in [0.15, 0.2) is 18.2 Å². The minimum Gasteiger partial charge on any atom is -0.493 e. The van der Waals surface area contributed by atoms with Gasteiger partial charge in [-0.25, -0.2) is 4.79 Å². The predicted octanol–water partition coefficient (Wildman–Crippen LogP) is 1.10. The number of benzene rings is 1. The molecule has 0 radical (unpaired) electrons. The van der Waals surface area contributed by atoms with Crippen molar-refractivity contribution in [2.45, 2.75) is 25.8 Å². The fraction of sp³-hybridized carbons (Fsp3) is 0.429. The van der Waals surface area contributed by atoms with Crippen molar-refractivity contribution in [2.75, 3.05) is 18.9 Å². The average molecular weight is 278 g/mol. The maximum atomic E-state index is 12.0. The number of esters is 1. The molecule has 1 amide bonds. The highest BCUT2D eigenvalue weighted by atomic mass is 16.5. The van der Waals surface area contributed by atoms with Crippen LogP contribution in [0.4, 0.5) is 5.69 Å². The predicted molar refractivity (Wildman–Crippen MR) is 73.5 cm³/mol. The lowest BCUT2D eigenvalue weighted by Crippen LogP contribution is -2.30. The lowest BCUT2D eigenvalue weighted by molar-refractivity contribution is -0.124. The topological polar surface area (TPSA) is 90.7 Å². The lowest BCUT2D eigenvalue weighted by Gasteiger charge is -2.12. The number of carbonyl (C=O) groups is 2. The van der Waals surface area contributed by atoms with Crippen molar-refractivity contribution in [2.24, 2.45) is 0 Å². The first-order valence-corrected chi connectivity index (χ1v) is 6.59. The van der Waals surface area contributed by atoms with E-state index in [1.54, 1.807) is 25.1 Å². The smallest absolute Gasteiger partial charge is 0.344 e. The molecule has 108 valence electrons. The van der Waals surface area contributed by atoms with Gasteiger partial charge in [0.25, 0.3) is 5.91 Å². The molecule has 0 heterocycles. The molecule has 1 aromatic carbocycles. The van der Waals surface area contributed by atoms with Crippen molar-refractivity contribution in [3.8, 4) is 5.75 Å². The molecule has 0 bridgehead atoms. The largest absolute Gasteiger partial charge is 0.493 e. The molecule has 20 heavy (non-hydrogen) atoms. The number of hydrogen-bond donors (Lipinski definition) is 2. The van der Waals surface area contributed by atoms with Crippen LogP contribution >= 0.6 is 0 Å². The second-order valence-corrected chi connectivity index (χ2v) is 4.57. The van der Waals surface area contributed by atoms with E-state index in [1.807, 2.05) is 0 Å². The fourth-order valence-electron chi connectivity index (χ4n) is 1.74. The Hall–Kier alpha value is -2.24. The molecule has 6 nitrogen and oxygen atoms in total. The third-order valence-electron chi connectivity index (χ3n) is 2.84. The average Bonchev–Trinajstić information content (AvgIpc) is 3.20. The van der Waals surface area contributed by atoms with Gasteiger partial charge in [-0.15, -0.1) is 0 Å². The molecule has 1 aliphatic rings. The number of carbonyl (C=O) groups excluding carboxylic acids is 2. The van der Waals surface area contributed by atoms with Gasteiger partial charge in [-0.05, 0) is 31.9 Å². The maximum Gasteiger partial charge on any atom is 0.344 e. The van der Waals surface area contributed by atoms with E-state index in [-0.39, 0.29) is 29.8 Å². The van der Waals surface area contributed by atoms with Crippen LogP contribution in [0, 0.1) is 0 Å². The van der Waals surface area contributed by atoms with Crippen LogP contribution in [-0.4, -0.2) is 31.1 Å². The third kappa shape index (κ3) is 3.63. The van der Waals surface area contributed by atoms with E-state index in [2.05, 4.69) is 5.32 Å². The summed E-state index contributed by atoms with van der Waals surface area (Å²) in [6.45, 7) is 1.91. The molecule has 1 aliphatic carbocycles. The van der Waals surface area contributed by atoms with Gasteiger partial charge in [0, 0.05) is 11.7 Å². The van der Waals surface area contributed by atoms with Crippen LogP contribution in [0.3, 0.4) is 0 Å². The Balaban J connectivity index is 1.98. The van der Waals surface area contributed by atoms with Crippen molar-refractivity contribution >= 4 is 17.6 Å². The van der Waals surface area contributed by atoms with Crippen molar-refractivity contribution in [3.05, 3.63) is 23.8 Å². The Kier molecular flexibility index (Phi) is 4.45. The highest BCUT2D eigenvalue weighted by Crippen LogP contribution is 2.25. The van der Waals surface area contributed by atoms with E-state index in [0.717, 1.165) is 12.8 Å². The van der Waals surface area contributed by atoms with Gasteiger partial charge in [-0.1, -0.05) is 6.07 Å². The van der Waals surface area contributed by atoms with Crippen LogP contribution in [0.1, 0.15) is 30.1 Å². The second kappa shape index (κ2) is 6.27. The molecule has 6 heteroatoms. The quantitative estimate of drug-likeness (QED) is 0.600. The number of amides is 1. The van der Waals surface area contributed by atoms with E-state index in [4.69, 9.17) is 15.2 Å². The number of nitrogens with one attached hydrogen (secondary N) is 1. The zero-order valence-corrected chi connectivity index (χ0v) is 11.3. The van der Waals surface area contributed by atoms with Crippen molar-refractivity contribution in [1.29, 1.82) is 0 Å². The first-order valence-electron chi connectivity index (χ1n) is 6.59. The Morgan fingerprint density at radius 2 is 2.15 bits per heavy atom. The van der Waals surface area contributed by atoms with Gasteiger partial charge < -0.3 is 20.5 Å². The van der Waals surface area contributed by atoms with Gasteiger partial charge in [0.2, 0.25) is 0 Å². The monoisotopic (exact) mass is 278 g/mol. The summed E-state index contributed by atoms with van der Waals surface area (Å²) in [5.74, 6) is -0.592. The number of nitrogens with two attached hydrogens (primary N) is 1. The molecule has 0 aliphatic heterocycles. The SMILES string of the molecule is CCOc1cccc(N)c1C(=O)OCC(=O)NC1CC1. The summed E-state index contributed by atoms with van der Waals surface area (Å²) in [6.07, 6.45) is 1.97. The van der Waals surface area contributed by atoms with Crippen molar-refractivity contribution in [3.63, 3.8) is 0 Å². The van der Waals surface area contributed by atoms with Crippen LogP contribution < -0.4 is 15.8 Å². The highest BCUT2D eigenvalue weighted by Gasteiger charge is 2.24. The van der Waals surface area contributed by atoms with Gasteiger partial charge in [-0.3, -0.25) is 4.79 Å². The van der Waals surface area contributed by atoms with Crippen molar-refractivity contribution < 1.29 is 19.1 Å². The summed E-state index contributed by atoms with van der Waals surface area (Å²) in [4.78, 5) is 23.5. The van der Waals surface area contributed by atoms with Crippen LogP contribution in [0.25, 0.3) is 0 Å². The van der Waals surface area contributed by atoms with E-state index in [1.165, 1.54) is 0 Å². The molecule has 2 rings (SSSR count). The molecule has 0 saturated heterocycles. The lowest BCUT2D eigenvalue weighted by atomic mass is 10.1. The number of anilines is 1. The van der Waals surface area contributed by atoms with Gasteiger partial charge in [0.15, 0.2) is 6.61 Å². The van der Waals surface area contributed by atoms with E-state index >= 15 is 0 Å². The minimum atomic E-state index is -0.655. The molecule has 0 spiro atoms. The molecule has 3 N–H and O–H groups in total. The summed E-state index contributed by atoms with van der Waals surface area (Å²) in [5.41, 5.74) is 6.20. The Morgan fingerprint density at radius 1 is 1.40 bits per heavy atom. The Bertz CT molecular complexity index is 512. The summed E-state index contributed by atoms with van der Waals surface area (Å²) in [7, 11) is 0. The number of hydrogen-bond acceptors (Lipinski definition) is 5. The molecule has 1 fully saturated rings. The molecule has 1 aromatic rings. The Labute approximate surface area is 117 Å². The number of rotatable bonds is 6. The van der Waals surface area contributed by atoms with Crippen molar-refractivity contribution in [1.82, 2.24) is 5.32 Å². The summed E-state index contributed by atoms with van der Waals surface area (Å²) in [5, 5.41) is 2.74. The standard InChI is InChI=1S/C14H18N2O4/c1-2-19-11-5-3-4-10(15)13(11)14(18)20-8-12(17)16-9-6-7-9/h3-5,9H,2,6-8,15H2,1H3,(H,16,17). The molecule has 0 unspecified atom stereocenters. The van der Waals surface area contributed by atoms with Gasteiger partial charge in [0.1, 0.15) is 11.3 Å². The molecular formula is C14H18N2O4. The van der Waals surface area contributed by atoms with Crippen LogP contribution in [0.5, 0.6) is 5.75 Å². The van der Waals surface area contributed by atoms with Gasteiger partial charge in [-0.2, -0.15) is 0 Å². The maximum absolute atomic E-state index is 12.0. The van der Waals surface area contributed by atoms with Crippen LogP contribution in [-0.2, 0) is 9.53 Å². The normalized spacial score (nSPS) is 13.7. The molecule has 0 atom stereocenters. The number of ether oxygens (including phenoxy) is 2. The fourth-order valence-corrected chi connectivity index (χ4v) is 1.74. The Morgan fingerprint density at radius 3 is 2.80 bits per heavy atom. The van der Waals surface area contributed by atoms with Crippen LogP contribution in [0.2, 0.25) is 0 Å². The van der Waals surface area contributed by atoms with Gasteiger partial charge in [0.05, 0.1) is 6.61 Å². The summed E-state index contributed by atoms with van der Waals surface area (Å²) < 4.78 is 10.3. The minimum absolute atomic E-state index is 0.161. The third-order valence-corrected chi connectivity index (χ3v) is 2.84.